The maximum atomic E-state index is 10.0. The van der Waals surface area contributed by atoms with E-state index in [1.807, 2.05) is 0 Å². The molecule has 1 N–H and O–H groups in total. The minimum Gasteiger partial charge on any atom is -0.393 e. The van der Waals surface area contributed by atoms with Gasteiger partial charge < -0.3 is 5.11 Å². The first-order valence-corrected chi connectivity index (χ1v) is 7.37. The number of hydrogen-bond donors (Lipinski definition) is 1. The van der Waals surface area contributed by atoms with Crippen LogP contribution in [0.2, 0.25) is 0 Å². The number of benzene rings is 1. The Morgan fingerprint density at radius 2 is 1.72 bits per heavy atom. The molecule has 0 aromatic heterocycles. The third kappa shape index (κ3) is 5.68. The lowest BCUT2D eigenvalue weighted by Gasteiger charge is -2.11. The fourth-order valence-electron chi connectivity index (χ4n) is 2.29. The van der Waals surface area contributed by atoms with Crippen LogP contribution in [0.5, 0.6) is 0 Å². The molecule has 0 radical (unpaired) electrons. The van der Waals surface area contributed by atoms with Crippen LogP contribution < -0.4 is 0 Å². The van der Waals surface area contributed by atoms with Crippen molar-refractivity contribution in [1.82, 2.24) is 0 Å². The van der Waals surface area contributed by atoms with Crippen LogP contribution in [-0.4, -0.2) is 11.2 Å². The smallest absolute Gasteiger partial charge is 0.0580 e. The summed E-state index contributed by atoms with van der Waals surface area (Å²) in [4.78, 5) is 0. The number of unbranched alkanes of at least 4 members (excludes halogenated alkanes) is 4. The van der Waals surface area contributed by atoms with Crippen molar-refractivity contribution in [2.45, 2.75) is 71.8 Å². The molecule has 1 rings (SSSR count). The van der Waals surface area contributed by atoms with Gasteiger partial charge in [-0.3, -0.25) is 0 Å². The molecule has 1 heteroatoms. The van der Waals surface area contributed by atoms with Gasteiger partial charge in [-0.25, -0.2) is 0 Å². The van der Waals surface area contributed by atoms with Gasteiger partial charge in [-0.15, -0.1) is 0 Å². The van der Waals surface area contributed by atoms with E-state index in [-0.39, 0.29) is 6.10 Å². The summed E-state index contributed by atoms with van der Waals surface area (Å²) in [5.41, 5.74) is 3.91. The number of rotatable bonds is 8. The maximum absolute atomic E-state index is 10.0. The van der Waals surface area contributed by atoms with Crippen LogP contribution in [0.1, 0.15) is 62.1 Å². The average Bonchev–Trinajstić information content (AvgIpc) is 2.34. The molecule has 18 heavy (non-hydrogen) atoms. The molecule has 1 aromatic carbocycles. The number of hydrogen-bond acceptors (Lipinski definition) is 1. The summed E-state index contributed by atoms with van der Waals surface area (Å²) in [5.74, 6) is 0. The molecular formula is C17H28O. The van der Waals surface area contributed by atoms with Crippen molar-refractivity contribution >= 4 is 0 Å². The molecule has 102 valence electrons. The van der Waals surface area contributed by atoms with Crippen molar-refractivity contribution in [3.63, 3.8) is 0 Å². The van der Waals surface area contributed by atoms with Crippen molar-refractivity contribution in [1.29, 1.82) is 0 Å². The molecule has 0 aliphatic rings. The van der Waals surface area contributed by atoms with Crippen molar-refractivity contribution in [2.24, 2.45) is 0 Å². The third-order valence-corrected chi connectivity index (χ3v) is 3.68. The molecule has 0 saturated carbocycles. The highest BCUT2D eigenvalue weighted by Crippen LogP contribution is 2.14. The molecule has 0 aliphatic heterocycles. The summed E-state index contributed by atoms with van der Waals surface area (Å²) in [6.07, 6.45) is 7.91. The first kappa shape index (κ1) is 15.2. The van der Waals surface area contributed by atoms with E-state index in [0.29, 0.717) is 0 Å². The molecule has 0 heterocycles. The highest BCUT2D eigenvalue weighted by molar-refractivity contribution is 5.30. The summed E-state index contributed by atoms with van der Waals surface area (Å²) in [6.45, 7) is 6.49. The van der Waals surface area contributed by atoms with Crippen LogP contribution in [0.3, 0.4) is 0 Å². The molecule has 1 unspecified atom stereocenters. The van der Waals surface area contributed by atoms with Gasteiger partial charge in [0.1, 0.15) is 0 Å². The Balaban J connectivity index is 2.26. The van der Waals surface area contributed by atoms with Crippen molar-refractivity contribution in [3.05, 3.63) is 34.9 Å². The van der Waals surface area contributed by atoms with Crippen LogP contribution in [0.25, 0.3) is 0 Å². The van der Waals surface area contributed by atoms with Gasteiger partial charge in [0.2, 0.25) is 0 Å². The lowest BCUT2D eigenvalue weighted by atomic mass is 9.99. The Kier molecular flexibility index (Phi) is 7.04. The van der Waals surface area contributed by atoms with Gasteiger partial charge in [0, 0.05) is 0 Å². The highest BCUT2D eigenvalue weighted by Gasteiger charge is 2.06. The largest absolute Gasteiger partial charge is 0.393 e. The topological polar surface area (TPSA) is 20.2 Å². The molecule has 1 atom stereocenters. The summed E-state index contributed by atoms with van der Waals surface area (Å²) in [6, 6.07) is 6.50. The average molecular weight is 248 g/mol. The van der Waals surface area contributed by atoms with Crippen molar-refractivity contribution in [2.75, 3.05) is 0 Å². The van der Waals surface area contributed by atoms with E-state index in [0.717, 1.165) is 19.3 Å². The van der Waals surface area contributed by atoms with Crippen LogP contribution >= 0.6 is 0 Å². The van der Waals surface area contributed by atoms with E-state index in [2.05, 4.69) is 39.0 Å². The first-order chi connectivity index (χ1) is 8.63. The van der Waals surface area contributed by atoms with Crippen LogP contribution in [0, 0.1) is 13.8 Å². The maximum Gasteiger partial charge on any atom is 0.0580 e. The predicted octanol–water partition coefficient (Wildman–Crippen LogP) is 4.57. The fraction of sp³-hybridized carbons (Fsp3) is 0.647. The Morgan fingerprint density at radius 3 is 2.39 bits per heavy atom. The van der Waals surface area contributed by atoms with Gasteiger partial charge in [0.25, 0.3) is 0 Å². The minimum atomic E-state index is -0.172. The van der Waals surface area contributed by atoms with Crippen LogP contribution in [0.15, 0.2) is 18.2 Å². The second-order valence-corrected chi connectivity index (χ2v) is 5.48. The monoisotopic (exact) mass is 248 g/mol. The Bertz CT molecular complexity index is 343. The zero-order chi connectivity index (χ0) is 13.4. The zero-order valence-electron chi connectivity index (χ0n) is 12.2. The second kappa shape index (κ2) is 8.31. The van der Waals surface area contributed by atoms with E-state index in [9.17, 15) is 5.11 Å². The van der Waals surface area contributed by atoms with Gasteiger partial charge in [-0.05, 0) is 43.4 Å². The molecule has 0 fully saturated rings. The fourth-order valence-corrected chi connectivity index (χ4v) is 2.29. The number of aliphatic hydroxyl groups excluding tert-OH is 1. The highest BCUT2D eigenvalue weighted by atomic mass is 16.3. The molecule has 0 aliphatic carbocycles. The van der Waals surface area contributed by atoms with Gasteiger partial charge >= 0.3 is 0 Å². The Morgan fingerprint density at radius 1 is 1.00 bits per heavy atom. The van der Waals surface area contributed by atoms with E-state index in [1.54, 1.807) is 0 Å². The molecule has 0 spiro atoms. The first-order valence-electron chi connectivity index (χ1n) is 7.37. The van der Waals surface area contributed by atoms with Crippen molar-refractivity contribution < 1.29 is 5.11 Å². The third-order valence-electron chi connectivity index (χ3n) is 3.68. The quantitative estimate of drug-likeness (QED) is 0.668. The van der Waals surface area contributed by atoms with Gasteiger partial charge in [0.05, 0.1) is 6.10 Å². The lowest BCUT2D eigenvalue weighted by molar-refractivity contribution is 0.161. The normalized spacial score (nSPS) is 12.7. The zero-order valence-corrected chi connectivity index (χ0v) is 12.2. The van der Waals surface area contributed by atoms with Crippen LogP contribution in [-0.2, 0) is 6.42 Å². The molecule has 1 aromatic rings. The van der Waals surface area contributed by atoms with E-state index in [1.165, 1.54) is 42.4 Å². The van der Waals surface area contributed by atoms with E-state index >= 15 is 0 Å². The van der Waals surface area contributed by atoms with Crippen LogP contribution in [0.4, 0.5) is 0 Å². The molecule has 0 amide bonds. The van der Waals surface area contributed by atoms with Gasteiger partial charge in [0.15, 0.2) is 0 Å². The second-order valence-electron chi connectivity index (χ2n) is 5.48. The predicted molar refractivity (Wildman–Crippen MR) is 79.0 cm³/mol. The molecule has 0 bridgehead atoms. The Labute approximate surface area is 112 Å². The summed E-state index contributed by atoms with van der Waals surface area (Å²) in [7, 11) is 0. The summed E-state index contributed by atoms with van der Waals surface area (Å²) < 4.78 is 0. The Hall–Kier alpha value is -0.820. The molecule has 0 saturated heterocycles. The lowest BCUT2D eigenvalue weighted by Crippen LogP contribution is -2.10. The summed E-state index contributed by atoms with van der Waals surface area (Å²) >= 11 is 0. The molecule has 1 nitrogen and oxygen atoms in total. The van der Waals surface area contributed by atoms with E-state index < -0.39 is 0 Å². The molecular weight excluding hydrogens is 220 g/mol. The number of aryl methyl sites for hydroxylation is 2. The van der Waals surface area contributed by atoms with Gasteiger partial charge in [-0.1, -0.05) is 57.2 Å². The van der Waals surface area contributed by atoms with E-state index in [4.69, 9.17) is 0 Å². The minimum absolute atomic E-state index is 0.172. The standard InChI is InChI=1S/C17H28O/c1-4-5-6-7-8-9-17(18)13-16-11-10-14(2)15(3)12-16/h10-12,17-18H,4-9,13H2,1-3H3. The summed E-state index contributed by atoms with van der Waals surface area (Å²) in [5, 5.41) is 10.0. The van der Waals surface area contributed by atoms with Gasteiger partial charge in [-0.2, -0.15) is 0 Å². The number of aliphatic hydroxyl groups is 1. The van der Waals surface area contributed by atoms with Crippen molar-refractivity contribution in [3.8, 4) is 0 Å². The SMILES string of the molecule is CCCCCCCC(O)Cc1ccc(C)c(C)c1.